The van der Waals surface area contributed by atoms with Crippen molar-refractivity contribution in [2.24, 2.45) is 0 Å². The highest BCUT2D eigenvalue weighted by Gasteiger charge is 1.99. The fourth-order valence-electron chi connectivity index (χ4n) is 1.87. The summed E-state index contributed by atoms with van der Waals surface area (Å²) in [7, 11) is 2.19. The topological polar surface area (TPSA) is 15.3 Å². The maximum Gasteiger partial charge on any atom is 0.0230 e. The van der Waals surface area contributed by atoms with Gasteiger partial charge in [0.05, 0.1) is 0 Å². The summed E-state index contributed by atoms with van der Waals surface area (Å²) in [6.45, 7) is 6.75. The normalized spacial score (nSPS) is 11.0. The predicted octanol–water partition coefficient (Wildman–Crippen LogP) is 2.90. The van der Waals surface area contributed by atoms with Gasteiger partial charge in [0.2, 0.25) is 0 Å². The van der Waals surface area contributed by atoms with Gasteiger partial charge < -0.3 is 10.2 Å². The van der Waals surface area contributed by atoms with Crippen molar-refractivity contribution in [3.8, 4) is 0 Å². The average Bonchev–Trinajstić information content (AvgIpc) is 2.35. The van der Waals surface area contributed by atoms with Gasteiger partial charge in [-0.15, -0.1) is 0 Å². The van der Waals surface area contributed by atoms with Gasteiger partial charge in [-0.1, -0.05) is 43.7 Å². The SMILES string of the molecule is CCCCNCCCN(C)Cc1ccccc1. The second kappa shape index (κ2) is 9.20. The number of hydrogen-bond acceptors (Lipinski definition) is 2. The summed E-state index contributed by atoms with van der Waals surface area (Å²) in [4.78, 5) is 2.39. The van der Waals surface area contributed by atoms with Crippen LogP contribution in [0.15, 0.2) is 30.3 Å². The van der Waals surface area contributed by atoms with E-state index in [0.717, 1.165) is 19.6 Å². The molecule has 0 aromatic heterocycles. The molecule has 0 fully saturated rings. The molecule has 0 amide bonds. The first-order valence-electron chi connectivity index (χ1n) is 6.76. The van der Waals surface area contributed by atoms with Crippen molar-refractivity contribution in [1.29, 1.82) is 0 Å². The Morgan fingerprint density at radius 3 is 2.47 bits per heavy atom. The molecule has 0 aliphatic rings. The molecule has 0 bridgehead atoms. The lowest BCUT2D eigenvalue weighted by Crippen LogP contribution is -2.24. The summed E-state index contributed by atoms with van der Waals surface area (Å²) in [6.07, 6.45) is 3.80. The van der Waals surface area contributed by atoms with Crippen LogP contribution in [-0.4, -0.2) is 31.6 Å². The van der Waals surface area contributed by atoms with Crippen LogP contribution in [0.2, 0.25) is 0 Å². The van der Waals surface area contributed by atoms with E-state index in [4.69, 9.17) is 0 Å². The van der Waals surface area contributed by atoms with Crippen molar-refractivity contribution in [2.75, 3.05) is 26.7 Å². The molecular weight excluding hydrogens is 208 g/mol. The molecule has 1 aromatic carbocycles. The highest BCUT2D eigenvalue weighted by molar-refractivity contribution is 5.14. The molecule has 0 heterocycles. The second-order valence-corrected chi connectivity index (χ2v) is 4.68. The van der Waals surface area contributed by atoms with Crippen molar-refractivity contribution in [3.05, 3.63) is 35.9 Å². The summed E-state index contributed by atoms with van der Waals surface area (Å²) in [5.41, 5.74) is 1.40. The highest BCUT2D eigenvalue weighted by Crippen LogP contribution is 2.02. The molecule has 1 aromatic rings. The van der Waals surface area contributed by atoms with Crippen molar-refractivity contribution in [2.45, 2.75) is 32.7 Å². The van der Waals surface area contributed by atoms with Crippen LogP contribution in [0.1, 0.15) is 31.7 Å². The molecule has 0 aliphatic heterocycles. The number of nitrogens with zero attached hydrogens (tertiary/aromatic N) is 1. The van der Waals surface area contributed by atoms with Gasteiger partial charge in [-0.2, -0.15) is 0 Å². The molecule has 2 heteroatoms. The van der Waals surface area contributed by atoms with Crippen LogP contribution in [-0.2, 0) is 6.54 Å². The third-order valence-corrected chi connectivity index (χ3v) is 2.90. The third kappa shape index (κ3) is 7.14. The van der Waals surface area contributed by atoms with Gasteiger partial charge in [-0.25, -0.2) is 0 Å². The fourth-order valence-corrected chi connectivity index (χ4v) is 1.87. The molecule has 17 heavy (non-hydrogen) atoms. The first-order chi connectivity index (χ1) is 8.33. The number of rotatable bonds is 9. The zero-order chi connectivity index (χ0) is 12.3. The van der Waals surface area contributed by atoms with E-state index in [2.05, 4.69) is 54.5 Å². The Morgan fingerprint density at radius 2 is 1.76 bits per heavy atom. The van der Waals surface area contributed by atoms with Crippen LogP contribution in [0, 0.1) is 0 Å². The van der Waals surface area contributed by atoms with Crippen molar-refractivity contribution in [1.82, 2.24) is 10.2 Å². The van der Waals surface area contributed by atoms with E-state index in [-0.39, 0.29) is 0 Å². The lowest BCUT2D eigenvalue weighted by molar-refractivity contribution is 0.319. The Bertz CT molecular complexity index is 272. The Labute approximate surface area is 106 Å². The molecule has 0 aliphatic carbocycles. The molecule has 0 saturated carbocycles. The molecule has 0 atom stereocenters. The van der Waals surface area contributed by atoms with E-state index in [1.165, 1.54) is 31.4 Å². The molecule has 0 unspecified atom stereocenters. The Kier molecular flexibility index (Phi) is 7.69. The largest absolute Gasteiger partial charge is 0.317 e. The van der Waals surface area contributed by atoms with Crippen LogP contribution >= 0.6 is 0 Å². The zero-order valence-corrected chi connectivity index (χ0v) is 11.3. The van der Waals surface area contributed by atoms with E-state index in [1.54, 1.807) is 0 Å². The summed E-state index contributed by atoms with van der Waals surface area (Å²) in [5.74, 6) is 0. The number of unbranched alkanes of at least 4 members (excludes halogenated alkanes) is 1. The smallest absolute Gasteiger partial charge is 0.0230 e. The van der Waals surface area contributed by atoms with E-state index in [9.17, 15) is 0 Å². The minimum Gasteiger partial charge on any atom is -0.317 e. The minimum absolute atomic E-state index is 1.05. The highest BCUT2D eigenvalue weighted by atomic mass is 15.1. The quantitative estimate of drug-likeness (QED) is 0.661. The van der Waals surface area contributed by atoms with Crippen LogP contribution in [0.4, 0.5) is 0 Å². The molecule has 1 rings (SSSR count). The molecule has 2 nitrogen and oxygen atoms in total. The minimum atomic E-state index is 1.05. The summed E-state index contributed by atoms with van der Waals surface area (Å²) >= 11 is 0. The van der Waals surface area contributed by atoms with Gasteiger partial charge in [0.25, 0.3) is 0 Å². The summed E-state index contributed by atoms with van der Waals surface area (Å²) in [5, 5.41) is 3.48. The van der Waals surface area contributed by atoms with Crippen LogP contribution in [0.5, 0.6) is 0 Å². The van der Waals surface area contributed by atoms with E-state index >= 15 is 0 Å². The van der Waals surface area contributed by atoms with Gasteiger partial charge >= 0.3 is 0 Å². The molecule has 0 spiro atoms. The lowest BCUT2D eigenvalue weighted by Gasteiger charge is -2.16. The lowest BCUT2D eigenvalue weighted by atomic mass is 10.2. The van der Waals surface area contributed by atoms with Crippen molar-refractivity contribution >= 4 is 0 Å². The van der Waals surface area contributed by atoms with Gasteiger partial charge in [-0.05, 0) is 45.1 Å². The van der Waals surface area contributed by atoms with Gasteiger partial charge in [0, 0.05) is 6.54 Å². The predicted molar refractivity (Wildman–Crippen MR) is 75.2 cm³/mol. The van der Waals surface area contributed by atoms with E-state index in [0.29, 0.717) is 0 Å². The molecule has 0 radical (unpaired) electrons. The second-order valence-electron chi connectivity index (χ2n) is 4.68. The van der Waals surface area contributed by atoms with Gasteiger partial charge in [0.15, 0.2) is 0 Å². The Morgan fingerprint density at radius 1 is 1.06 bits per heavy atom. The number of hydrogen-bond donors (Lipinski definition) is 1. The first-order valence-corrected chi connectivity index (χ1v) is 6.76. The summed E-state index contributed by atoms with van der Waals surface area (Å²) in [6, 6.07) is 10.7. The van der Waals surface area contributed by atoms with Crippen LogP contribution < -0.4 is 5.32 Å². The monoisotopic (exact) mass is 234 g/mol. The third-order valence-electron chi connectivity index (χ3n) is 2.90. The fraction of sp³-hybridized carbons (Fsp3) is 0.600. The van der Waals surface area contributed by atoms with Crippen molar-refractivity contribution in [3.63, 3.8) is 0 Å². The maximum absolute atomic E-state index is 3.48. The summed E-state index contributed by atoms with van der Waals surface area (Å²) < 4.78 is 0. The maximum atomic E-state index is 3.48. The first kappa shape index (κ1) is 14.2. The Balaban J connectivity index is 2.03. The van der Waals surface area contributed by atoms with E-state index in [1.807, 2.05) is 0 Å². The molecular formula is C15H26N2. The van der Waals surface area contributed by atoms with E-state index < -0.39 is 0 Å². The van der Waals surface area contributed by atoms with Crippen molar-refractivity contribution < 1.29 is 0 Å². The zero-order valence-electron chi connectivity index (χ0n) is 11.3. The van der Waals surface area contributed by atoms with Gasteiger partial charge in [-0.3, -0.25) is 0 Å². The number of nitrogens with one attached hydrogen (secondary N) is 1. The average molecular weight is 234 g/mol. The van der Waals surface area contributed by atoms with Crippen LogP contribution in [0.25, 0.3) is 0 Å². The molecule has 1 N–H and O–H groups in total. The molecule has 96 valence electrons. The van der Waals surface area contributed by atoms with Gasteiger partial charge in [0.1, 0.15) is 0 Å². The standard InChI is InChI=1S/C15H26N2/c1-3-4-11-16-12-8-13-17(2)14-15-9-6-5-7-10-15/h5-7,9-10,16H,3-4,8,11-14H2,1-2H3. The Hall–Kier alpha value is -0.860. The molecule has 0 saturated heterocycles. The number of benzene rings is 1. The van der Waals surface area contributed by atoms with Crippen LogP contribution in [0.3, 0.4) is 0 Å².